The monoisotopic (exact) mass is 284 g/mol. The first-order valence-electron chi connectivity index (χ1n) is 8.25. The molecule has 0 aromatic carbocycles. The Morgan fingerprint density at radius 3 is 2.50 bits per heavy atom. The average molecular weight is 284 g/mol. The van der Waals surface area contributed by atoms with Gasteiger partial charge in [-0.3, -0.25) is 4.90 Å². The highest BCUT2D eigenvalue weighted by atomic mass is 16.5. The molecular formula is C17H36N2O. The van der Waals surface area contributed by atoms with Crippen molar-refractivity contribution in [2.24, 2.45) is 11.3 Å². The standard InChI is InChI=1S/C17H36N2O/c1-8-17(3,4)14-9-10-15(18-5)16(11-14)19(6)13(2)12-20-7/h13-16,18H,8-12H2,1-7H3. The summed E-state index contributed by atoms with van der Waals surface area (Å²) in [4.78, 5) is 2.53. The van der Waals surface area contributed by atoms with E-state index in [-0.39, 0.29) is 0 Å². The summed E-state index contributed by atoms with van der Waals surface area (Å²) in [6, 6.07) is 1.71. The van der Waals surface area contributed by atoms with E-state index in [2.05, 4.69) is 52.0 Å². The quantitative estimate of drug-likeness (QED) is 0.777. The van der Waals surface area contributed by atoms with Gasteiger partial charge in [0.1, 0.15) is 0 Å². The summed E-state index contributed by atoms with van der Waals surface area (Å²) in [5, 5.41) is 3.54. The van der Waals surface area contributed by atoms with Gasteiger partial charge in [0.05, 0.1) is 6.61 Å². The van der Waals surface area contributed by atoms with Crippen LogP contribution in [0.1, 0.15) is 53.4 Å². The minimum atomic E-state index is 0.461. The average Bonchev–Trinajstić information content (AvgIpc) is 2.45. The van der Waals surface area contributed by atoms with Crippen molar-refractivity contribution in [2.45, 2.75) is 71.5 Å². The fourth-order valence-electron chi connectivity index (χ4n) is 3.62. The lowest BCUT2D eigenvalue weighted by molar-refractivity contribution is 0.0252. The third kappa shape index (κ3) is 4.19. The van der Waals surface area contributed by atoms with Gasteiger partial charge in [-0.1, -0.05) is 27.2 Å². The second kappa shape index (κ2) is 7.77. The van der Waals surface area contributed by atoms with Crippen LogP contribution in [-0.2, 0) is 4.74 Å². The van der Waals surface area contributed by atoms with Gasteiger partial charge < -0.3 is 10.1 Å². The van der Waals surface area contributed by atoms with Gasteiger partial charge >= 0.3 is 0 Å². The molecule has 0 radical (unpaired) electrons. The van der Waals surface area contributed by atoms with Crippen LogP contribution < -0.4 is 5.32 Å². The van der Waals surface area contributed by atoms with Crippen LogP contribution in [0.25, 0.3) is 0 Å². The second-order valence-electron chi connectivity index (χ2n) is 7.28. The molecule has 4 unspecified atom stereocenters. The predicted molar refractivity (Wildman–Crippen MR) is 87.1 cm³/mol. The summed E-state index contributed by atoms with van der Waals surface area (Å²) < 4.78 is 5.34. The van der Waals surface area contributed by atoms with Gasteiger partial charge in [-0.25, -0.2) is 0 Å². The Balaban J connectivity index is 2.77. The zero-order chi connectivity index (χ0) is 15.3. The smallest absolute Gasteiger partial charge is 0.0615 e. The zero-order valence-corrected chi connectivity index (χ0v) is 14.7. The van der Waals surface area contributed by atoms with E-state index in [0.717, 1.165) is 12.5 Å². The molecule has 120 valence electrons. The van der Waals surface area contributed by atoms with Crippen LogP contribution in [0.2, 0.25) is 0 Å². The summed E-state index contributed by atoms with van der Waals surface area (Å²) in [5.74, 6) is 0.833. The Morgan fingerprint density at radius 2 is 2.00 bits per heavy atom. The fraction of sp³-hybridized carbons (Fsp3) is 1.00. The molecular weight excluding hydrogens is 248 g/mol. The SMILES string of the molecule is CCC(C)(C)C1CCC(NC)C(N(C)C(C)COC)C1. The molecule has 1 fully saturated rings. The summed E-state index contributed by atoms with van der Waals surface area (Å²) >= 11 is 0. The highest BCUT2D eigenvalue weighted by Crippen LogP contribution is 2.41. The fourth-order valence-corrected chi connectivity index (χ4v) is 3.62. The lowest BCUT2D eigenvalue weighted by Gasteiger charge is -2.47. The van der Waals surface area contributed by atoms with Crippen LogP contribution in [0, 0.1) is 11.3 Å². The van der Waals surface area contributed by atoms with Crippen molar-refractivity contribution >= 4 is 0 Å². The molecule has 0 aromatic rings. The number of nitrogens with zero attached hydrogens (tertiary/aromatic N) is 1. The number of nitrogens with one attached hydrogen (secondary N) is 1. The number of ether oxygens (including phenoxy) is 1. The minimum absolute atomic E-state index is 0.461. The molecule has 1 aliphatic carbocycles. The van der Waals surface area contributed by atoms with E-state index in [1.54, 1.807) is 7.11 Å². The number of hydrogen-bond acceptors (Lipinski definition) is 3. The van der Waals surface area contributed by atoms with Crippen molar-refractivity contribution in [3.8, 4) is 0 Å². The normalized spacial score (nSPS) is 29.7. The number of hydrogen-bond donors (Lipinski definition) is 1. The first-order valence-corrected chi connectivity index (χ1v) is 8.25. The van der Waals surface area contributed by atoms with Crippen molar-refractivity contribution in [2.75, 3.05) is 27.8 Å². The minimum Gasteiger partial charge on any atom is -0.383 e. The molecule has 0 bridgehead atoms. The third-order valence-electron chi connectivity index (χ3n) is 5.83. The molecule has 1 N–H and O–H groups in total. The van der Waals surface area contributed by atoms with Crippen LogP contribution in [0.4, 0.5) is 0 Å². The third-order valence-corrected chi connectivity index (χ3v) is 5.83. The van der Waals surface area contributed by atoms with Crippen LogP contribution in [0.15, 0.2) is 0 Å². The van der Waals surface area contributed by atoms with Gasteiger partial charge in [0.2, 0.25) is 0 Å². The highest BCUT2D eigenvalue weighted by Gasteiger charge is 2.39. The van der Waals surface area contributed by atoms with Crippen LogP contribution in [0.5, 0.6) is 0 Å². The number of methoxy groups -OCH3 is 1. The first-order chi connectivity index (χ1) is 9.37. The number of rotatable bonds is 7. The Morgan fingerprint density at radius 1 is 1.35 bits per heavy atom. The van der Waals surface area contributed by atoms with Gasteiger partial charge in [-0.15, -0.1) is 0 Å². The summed E-state index contributed by atoms with van der Waals surface area (Å²) in [5.41, 5.74) is 0.461. The Kier molecular flexibility index (Phi) is 6.96. The van der Waals surface area contributed by atoms with Crippen molar-refractivity contribution in [3.63, 3.8) is 0 Å². The molecule has 0 aliphatic heterocycles. The molecule has 3 nitrogen and oxygen atoms in total. The van der Waals surface area contributed by atoms with E-state index >= 15 is 0 Å². The van der Waals surface area contributed by atoms with Crippen molar-refractivity contribution in [1.82, 2.24) is 10.2 Å². The van der Waals surface area contributed by atoms with Gasteiger partial charge in [0.15, 0.2) is 0 Å². The molecule has 0 saturated heterocycles. The van der Waals surface area contributed by atoms with Crippen molar-refractivity contribution in [3.05, 3.63) is 0 Å². The van der Waals surface area contributed by atoms with Crippen molar-refractivity contribution < 1.29 is 4.74 Å². The lowest BCUT2D eigenvalue weighted by atomic mass is 9.67. The zero-order valence-electron chi connectivity index (χ0n) is 14.7. The largest absolute Gasteiger partial charge is 0.383 e. The molecule has 20 heavy (non-hydrogen) atoms. The summed E-state index contributed by atoms with van der Waals surface area (Å²) in [6.45, 7) is 10.3. The van der Waals surface area contributed by atoms with E-state index in [1.165, 1.54) is 25.7 Å². The molecule has 3 heteroatoms. The summed E-state index contributed by atoms with van der Waals surface area (Å²) in [7, 11) is 6.17. The first kappa shape index (κ1) is 17.9. The van der Waals surface area contributed by atoms with Crippen molar-refractivity contribution in [1.29, 1.82) is 0 Å². The van der Waals surface area contributed by atoms with E-state index in [9.17, 15) is 0 Å². The topological polar surface area (TPSA) is 24.5 Å². The molecule has 1 aliphatic rings. The maximum atomic E-state index is 5.34. The Bertz CT molecular complexity index is 280. The van der Waals surface area contributed by atoms with Crippen LogP contribution in [-0.4, -0.2) is 50.8 Å². The van der Waals surface area contributed by atoms with E-state index in [0.29, 0.717) is 23.5 Å². The van der Waals surface area contributed by atoms with Crippen LogP contribution in [0.3, 0.4) is 0 Å². The second-order valence-corrected chi connectivity index (χ2v) is 7.28. The maximum Gasteiger partial charge on any atom is 0.0615 e. The highest BCUT2D eigenvalue weighted by molar-refractivity contribution is 4.94. The predicted octanol–water partition coefficient (Wildman–Crippen LogP) is 3.15. The molecule has 1 rings (SSSR count). The lowest BCUT2D eigenvalue weighted by Crippen LogP contribution is -2.55. The van der Waals surface area contributed by atoms with E-state index in [1.807, 2.05) is 0 Å². The molecule has 1 saturated carbocycles. The van der Waals surface area contributed by atoms with E-state index in [4.69, 9.17) is 4.74 Å². The molecule has 4 atom stereocenters. The molecule has 0 spiro atoms. The van der Waals surface area contributed by atoms with Gasteiger partial charge in [-0.2, -0.15) is 0 Å². The Hall–Kier alpha value is -0.120. The molecule has 0 amide bonds. The number of likely N-dealkylation sites (N-methyl/N-ethyl adjacent to an activating group) is 2. The van der Waals surface area contributed by atoms with E-state index < -0.39 is 0 Å². The van der Waals surface area contributed by atoms with Gasteiger partial charge in [0.25, 0.3) is 0 Å². The Labute approximate surface area is 126 Å². The van der Waals surface area contributed by atoms with Gasteiger partial charge in [-0.05, 0) is 51.6 Å². The molecule has 0 aromatic heterocycles. The maximum absolute atomic E-state index is 5.34. The van der Waals surface area contributed by atoms with Gasteiger partial charge in [0, 0.05) is 25.2 Å². The molecule has 0 heterocycles. The summed E-state index contributed by atoms with van der Waals surface area (Å²) in [6.07, 6.45) is 5.22. The van der Waals surface area contributed by atoms with Crippen LogP contribution >= 0.6 is 0 Å².